The number of halogens is 2. The lowest BCUT2D eigenvalue weighted by molar-refractivity contribution is -0.684. The number of nitrogens with one attached hydrogen (secondary N) is 1. The molecular weight excluding hydrogens is 355 g/mol. The minimum atomic E-state index is -0.126. The van der Waals surface area contributed by atoms with Gasteiger partial charge in [-0.1, -0.05) is 53.5 Å². The van der Waals surface area contributed by atoms with Crippen LogP contribution in [0.1, 0.15) is 11.1 Å². The van der Waals surface area contributed by atoms with Crippen molar-refractivity contribution in [2.75, 3.05) is 5.32 Å². The highest BCUT2D eigenvalue weighted by molar-refractivity contribution is 6.42. The number of anilines is 1. The van der Waals surface area contributed by atoms with Crippen molar-refractivity contribution >= 4 is 34.8 Å². The van der Waals surface area contributed by atoms with Gasteiger partial charge in [0.15, 0.2) is 12.4 Å². The van der Waals surface area contributed by atoms with E-state index < -0.39 is 0 Å². The van der Waals surface area contributed by atoms with Crippen molar-refractivity contribution in [1.82, 2.24) is 0 Å². The maximum atomic E-state index is 12.1. The molecule has 126 valence electrons. The predicted molar refractivity (Wildman–Crippen MR) is 101 cm³/mol. The van der Waals surface area contributed by atoms with Gasteiger partial charge in [0.1, 0.15) is 0 Å². The first-order valence-corrected chi connectivity index (χ1v) is 8.62. The Hall–Kier alpha value is -2.36. The van der Waals surface area contributed by atoms with Crippen LogP contribution in [0.25, 0.3) is 0 Å². The number of hydrogen-bond acceptors (Lipinski definition) is 1. The zero-order chi connectivity index (χ0) is 17.6. The topological polar surface area (TPSA) is 33.0 Å². The van der Waals surface area contributed by atoms with Gasteiger partial charge < -0.3 is 5.32 Å². The molecule has 3 aromatic rings. The molecule has 1 heterocycles. The molecule has 0 spiro atoms. The molecule has 0 aliphatic heterocycles. The SMILES string of the molecule is O=C(C[n+]1ccc(Cc2ccccc2)cc1)Nc1ccc(Cl)c(Cl)c1. The third-order valence-corrected chi connectivity index (χ3v) is 4.48. The number of nitrogens with zero attached hydrogens (tertiary/aromatic N) is 1. The van der Waals surface area contributed by atoms with Crippen LogP contribution >= 0.6 is 23.2 Å². The quantitative estimate of drug-likeness (QED) is 0.657. The number of pyridine rings is 1. The molecule has 0 fully saturated rings. The van der Waals surface area contributed by atoms with Crippen LogP contribution in [0.3, 0.4) is 0 Å². The summed E-state index contributed by atoms with van der Waals surface area (Å²) >= 11 is 11.8. The molecule has 0 radical (unpaired) electrons. The molecule has 0 bridgehead atoms. The van der Waals surface area contributed by atoms with Gasteiger partial charge in [-0.3, -0.25) is 4.79 Å². The maximum Gasteiger partial charge on any atom is 0.290 e. The van der Waals surface area contributed by atoms with Crippen molar-refractivity contribution in [1.29, 1.82) is 0 Å². The number of carbonyl (C=O) groups excluding carboxylic acids is 1. The summed E-state index contributed by atoms with van der Waals surface area (Å²) in [6.07, 6.45) is 4.69. The van der Waals surface area contributed by atoms with Crippen LogP contribution in [0.5, 0.6) is 0 Å². The second-order valence-corrected chi connectivity index (χ2v) is 6.53. The fourth-order valence-corrected chi connectivity index (χ4v) is 2.78. The third kappa shape index (κ3) is 5.05. The second kappa shape index (κ2) is 8.15. The van der Waals surface area contributed by atoms with Gasteiger partial charge in [0.25, 0.3) is 5.91 Å². The van der Waals surface area contributed by atoms with Crippen molar-refractivity contribution in [3.05, 3.63) is 94.2 Å². The van der Waals surface area contributed by atoms with E-state index in [1.54, 1.807) is 18.2 Å². The minimum Gasteiger partial charge on any atom is -0.321 e. The lowest BCUT2D eigenvalue weighted by Gasteiger charge is -2.05. The van der Waals surface area contributed by atoms with Gasteiger partial charge in [-0.05, 0) is 35.7 Å². The number of hydrogen-bond donors (Lipinski definition) is 1. The van der Waals surface area contributed by atoms with Crippen LogP contribution in [0.15, 0.2) is 73.1 Å². The van der Waals surface area contributed by atoms with E-state index in [1.807, 2.05) is 47.3 Å². The largest absolute Gasteiger partial charge is 0.321 e. The van der Waals surface area contributed by atoms with Gasteiger partial charge in [0.05, 0.1) is 10.0 Å². The average Bonchev–Trinajstić information content (AvgIpc) is 2.61. The molecule has 3 nitrogen and oxygen atoms in total. The van der Waals surface area contributed by atoms with Crippen molar-refractivity contribution < 1.29 is 9.36 Å². The molecule has 0 aliphatic rings. The molecular formula is C20H17Cl2N2O+. The van der Waals surface area contributed by atoms with Gasteiger partial charge in [-0.15, -0.1) is 0 Å². The smallest absolute Gasteiger partial charge is 0.290 e. The fourth-order valence-electron chi connectivity index (χ4n) is 2.48. The molecule has 0 atom stereocenters. The van der Waals surface area contributed by atoms with E-state index in [-0.39, 0.29) is 12.5 Å². The van der Waals surface area contributed by atoms with E-state index in [2.05, 4.69) is 17.4 Å². The number of carbonyl (C=O) groups is 1. The molecule has 3 rings (SSSR count). The van der Waals surface area contributed by atoms with E-state index in [1.165, 1.54) is 11.1 Å². The summed E-state index contributed by atoms with van der Waals surface area (Å²) in [5, 5.41) is 3.69. The van der Waals surface area contributed by atoms with E-state index >= 15 is 0 Å². The first-order chi connectivity index (χ1) is 12.1. The van der Waals surface area contributed by atoms with Crippen molar-refractivity contribution in [3.63, 3.8) is 0 Å². The van der Waals surface area contributed by atoms with Crippen LogP contribution in [0.4, 0.5) is 5.69 Å². The zero-order valence-electron chi connectivity index (χ0n) is 13.5. The molecule has 1 aromatic heterocycles. The number of rotatable bonds is 5. The second-order valence-electron chi connectivity index (χ2n) is 5.72. The van der Waals surface area contributed by atoms with E-state index in [9.17, 15) is 4.79 Å². The van der Waals surface area contributed by atoms with E-state index in [4.69, 9.17) is 23.2 Å². The van der Waals surface area contributed by atoms with Gasteiger partial charge >= 0.3 is 0 Å². The van der Waals surface area contributed by atoms with Crippen LogP contribution in [-0.4, -0.2) is 5.91 Å². The minimum absolute atomic E-state index is 0.126. The summed E-state index contributed by atoms with van der Waals surface area (Å²) in [4.78, 5) is 12.1. The average molecular weight is 372 g/mol. The fraction of sp³-hybridized carbons (Fsp3) is 0.100. The molecule has 0 unspecified atom stereocenters. The normalized spacial score (nSPS) is 10.5. The van der Waals surface area contributed by atoms with Crippen LogP contribution < -0.4 is 9.88 Å². The summed E-state index contributed by atoms with van der Waals surface area (Å²) in [6, 6.07) is 19.4. The lowest BCUT2D eigenvalue weighted by Crippen LogP contribution is -2.39. The number of benzene rings is 2. The zero-order valence-corrected chi connectivity index (χ0v) is 15.0. The molecule has 5 heteroatoms. The lowest BCUT2D eigenvalue weighted by atomic mass is 10.1. The first-order valence-electron chi connectivity index (χ1n) is 7.87. The van der Waals surface area contributed by atoms with Gasteiger partial charge in [0.2, 0.25) is 6.54 Å². The van der Waals surface area contributed by atoms with Crippen LogP contribution in [0, 0.1) is 0 Å². The predicted octanol–water partition coefficient (Wildman–Crippen LogP) is 4.51. The molecule has 2 aromatic carbocycles. The van der Waals surface area contributed by atoms with Crippen molar-refractivity contribution in [3.8, 4) is 0 Å². The van der Waals surface area contributed by atoms with Crippen LogP contribution in [-0.2, 0) is 17.8 Å². The molecule has 0 aliphatic carbocycles. The number of aromatic nitrogens is 1. The summed E-state index contributed by atoms with van der Waals surface area (Å²) in [5.41, 5.74) is 3.09. The number of amides is 1. The van der Waals surface area contributed by atoms with Crippen LogP contribution in [0.2, 0.25) is 10.0 Å². The van der Waals surface area contributed by atoms with Gasteiger partial charge in [-0.2, -0.15) is 4.57 Å². The Morgan fingerprint density at radius 1 is 0.880 bits per heavy atom. The molecule has 0 saturated heterocycles. The van der Waals surface area contributed by atoms with E-state index in [0.717, 1.165) is 6.42 Å². The van der Waals surface area contributed by atoms with Gasteiger partial charge in [0, 0.05) is 17.8 Å². The Balaban J connectivity index is 1.59. The Morgan fingerprint density at radius 3 is 2.24 bits per heavy atom. The highest BCUT2D eigenvalue weighted by Gasteiger charge is 2.10. The molecule has 1 N–H and O–H groups in total. The molecule has 25 heavy (non-hydrogen) atoms. The van der Waals surface area contributed by atoms with Crippen molar-refractivity contribution in [2.45, 2.75) is 13.0 Å². The highest BCUT2D eigenvalue weighted by atomic mass is 35.5. The highest BCUT2D eigenvalue weighted by Crippen LogP contribution is 2.24. The Labute approximate surface area is 156 Å². The summed E-state index contributed by atoms with van der Waals surface area (Å²) in [5.74, 6) is -0.126. The third-order valence-electron chi connectivity index (χ3n) is 3.74. The van der Waals surface area contributed by atoms with Crippen molar-refractivity contribution in [2.24, 2.45) is 0 Å². The van der Waals surface area contributed by atoms with E-state index in [0.29, 0.717) is 15.7 Å². The Bertz CT molecular complexity index is 865. The summed E-state index contributed by atoms with van der Waals surface area (Å²) in [6.45, 7) is 0.228. The molecule has 1 amide bonds. The first kappa shape index (κ1) is 17.5. The maximum absolute atomic E-state index is 12.1. The Morgan fingerprint density at radius 2 is 1.56 bits per heavy atom. The summed E-state index contributed by atoms with van der Waals surface area (Å²) < 4.78 is 1.83. The molecule has 0 saturated carbocycles. The monoisotopic (exact) mass is 371 g/mol. The van der Waals surface area contributed by atoms with Gasteiger partial charge in [-0.25, -0.2) is 0 Å². The standard InChI is InChI=1S/C20H16Cl2N2O/c21-18-7-6-17(13-19(18)22)23-20(25)14-24-10-8-16(9-11-24)12-15-4-2-1-3-5-15/h1-11,13H,12,14H2/p+1. The Kier molecular flexibility index (Phi) is 5.69. The summed E-state index contributed by atoms with van der Waals surface area (Å²) in [7, 11) is 0.